The van der Waals surface area contributed by atoms with E-state index in [1.165, 1.54) is 44.5 Å². The number of aryl methyl sites for hydroxylation is 3. The summed E-state index contributed by atoms with van der Waals surface area (Å²) < 4.78 is 0. The first-order chi connectivity index (χ1) is 15.9. The molecule has 0 aromatic heterocycles. The number of benzene rings is 3. The molecule has 1 atom stereocenters. The van der Waals surface area contributed by atoms with Crippen LogP contribution in [0.25, 0.3) is 11.1 Å². The maximum atomic E-state index is 2.52. The zero-order valence-electron chi connectivity index (χ0n) is 24.6. The van der Waals surface area contributed by atoms with Crippen LogP contribution >= 0.6 is 0 Å². The molecule has 4 rings (SSSR count). The zero-order chi connectivity index (χ0) is 23.5. The van der Waals surface area contributed by atoms with Crippen molar-refractivity contribution in [3.8, 4) is 11.1 Å². The molecule has 0 saturated heterocycles. The third-order valence-corrected chi connectivity index (χ3v) is 10.9. The third-order valence-electron chi connectivity index (χ3n) is 7.58. The number of hydrogen-bond acceptors (Lipinski definition) is 0. The molecule has 0 aliphatic heterocycles. The minimum atomic E-state index is -1.49. The normalized spacial score (nSPS) is 10.9. The van der Waals surface area contributed by atoms with Crippen LogP contribution in [0.2, 0.25) is 0 Å². The molecule has 2 heteroatoms. The first-order valence-electron chi connectivity index (χ1n) is 12.4. The Morgan fingerprint density at radius 3 is 1.76 bits per heavy atom. The number of rotatable bonds is 7. The minimum absolute atomic E-state index is 0. The molecule has 0 aliphatic rings. The third kappa shape index (κ3) is 7.29. The van der Waals surface area contributed by atoms with Crippen LogP contribution in [-0.2, 0) is 40.6 Å². The van der Waals surface area contributed by atoms with E-state index in [4.69, 9.17) is 0 Å². The first-order valence-corrected chi connectivity index (χ1v) is 14.4. The molecule has 0 fully saturated rings. The van der Waals surface area contributed by atoms with Crippen molar-refractivity contribution in [3.63, 3.8) is 0 Å². The van der Waals surface area contributed by atoms with Gasteiger partial charge >= 0.3 is 21.7 Å². The molecular weight excluding hydrogens is 496 g/mol. The van der Waals surface area contributed by atoms with Gasteiger partial charge in [0.1, 0.15) is 8.80 Å². The smallest absolute Gasteiger partial charge is 0.358 e. The van der Waals surface area contributed by atoms with E-state index in [9.17, 15) is 0 Å². The van der Waals surface area contributed by atoms with E-state index in [0.717, 1.165) is 18.9 Å². The molecule has 0 radical (unpaired) electrons. The molecular formula is C35H46SiTi. The van der Waals surface area contributed by atoms with Crippen molar-refractivity contribution in [2.75, 3.05) is 0 Å². The Morgan fingerprint density at radius 1 is 0.676 bits per heavy atom. The van der Waals surface area contributed by atoms with Gasteiger partial charge in [0.15, 0.2) is 0 Å². The van der Waals surface area contributed by atoms with Gasteiger partial charge in [-0.1, -0.05) is 117 Å². The molecule has 194 valence electrons. The molecule has 0 amide bonds. The van der Waals surface area contributed by atoms with Crippen LogP contribution in [0.5, 0.6) is 0 Å². The topological polar surface area (TPSA) is 0 Å². The van der Waals surface area contributed by atoms with E-state index >= 15 is 0 Å². The van der Waals surface area contributed by atoms with Crippen molar-refractivity contribution < 1.29 is 21.7 Å². The standard InChI is InChI=1S/C32H37Si.3CH3.Ti/c1-7-26-18-27(8-2)20-29(19-26)33(31-17-13-12-14-22(31)3)21-30-24(5)23(4)25(6)32(30)28-15-10-9-11-16-28;;;;/h9-20,33H,7-8,21H2,1-6H3;3*1H3;/q4*-1;+4. The fourth-order valence-corrected chi connectivity index (χ4v) is 8.90. The number of hydrogen-bond donors (Lipinski definition) is 0. The summed E-state index contributed by atoms with van der Waals surface area (Å²) in [4.78, 5) is 0. The summed E-state index contributed by atoms with van der Waals surface area (Å²) in [5.74, 6) is 0. The molecule has 37 heavy (non-hydrogen) atoms. The summed E-state index contributed by atoms with van der Waals surface area (Å²) >= 11 is 0. The molecule has 0 aliphatic carbocycles. The average molecular weight is 543 g/mol. The summed E-state index contributed by atoms with van der Waals surface area (Å²) in [7, 11) is -1.49. The van der Waals surface area contributed by atoms with E-state index in [1.807, 2.05) is 0 Å². The summed E-state index contributed by atoms with van der Waals surface area (Å²) in [5.41, 5.74) is 13.2. The first kappa shape index (κ1) is 34.9. The van der Waals surface area contributed by atoms with Crippen molar-refractivity contribution in [1.82, 2.24) is 0 Å². The second kappa shape index (κ2) is 15.4. The maximum Gasteiger partial charge on any atom is 4.00 e. The predicted octanol–water partition coefficient (Wildman–Crippen LogP) is 7.90. The second-order valence-corrected chi connectivity index (χ2v) is 12.3. The summed E-state index contributed by atoms with van der Waals surface area (Å²) in [6.45, 7) is 13.8. The van der Waals surface area contributed by atoms with Crippen LogP contribution in [0.3, 0.4) is 0 Å². The Bertz CT molecular complexity index is 1230. The molecule has 1 unspecified atom stereocenters. The van der Waals surface area contributed by atoms with Gasteiger partial charge in [0.2, 0.25) is 0 Å². The van der Waals surface area contributed by atoms with Gasteiger partial charge in [-0.05, 0) is 36.9 Å². The van der Waals surface area contributed by atoms with Gasteiger partial charge in [0, 0.05) is 0 Å². The Balaban J connectivity index is 0.00000324. The predicted molar refractivity (Wildman–Crippen MR) is 167 cm³/mol. The molecule has 0 N–H and O–H groups in total. The molecule has 0 nitrogen and oxygen atoms in total. The van der Waals surface area contributed by atoms with Crippen molar-refractivity contribution in [1.29, 1.82) is 0 Å². The van der Waals surface area contributed by atoms with Gasteiger partial charge in [-0.25, -0.2) is 0 Å². The Hall–Kier alpha value is -2.06. The van der Waals surface area contributed by atoms with E-state index in [-0.39, 0.29) is 44.0 Å². The van der Waals surface area contributed by atoms with Gasteiger partial charge < -0.3 is 22.3 Å². The van der Waals surface area contributed by atoms with Crippen LogP contribution in [-0.4, -0.2) is 8.80 Å². The van der Waals surface area contributed by atoms with E-state index in [1.54, 1.807) is 15.9 Å². The summed E-state index contributed by atoms with van der Waals surface area (Å²) in [6.07, 6.45) is 2.19. The fraction of sp³-hybridized carbons (Fsp3) is 0.257. The Morgan fingerprint density at radius 2 is 1.22 bits per heavy atom. The largest absolute Gasteiger partial charge is 4.00 e. The molecule has 0 bridgehead atoms. The van der Waals surface area contributed by atoms with Crippen molar-refractivity contribution in [3.05, 3.63) is 134 Å². The maximum absolute atomic E-state index is 2.52. The van der Waals surface area contributed by atoms with Gasteiger partial charge in [-0.3, -0.25) is 0 Å². The second-order valence-electron chi connectivity index (χ2n) is 9.50. The zero-order valence-corrected chi connectivity index (χ0v) is 27.3. The van der Waals surface area contributed by atoms with Crippen molar-refractivity contribution in [2.24, 2.45) is 0 Å². The van der Waals surface area contributed by atoms with Crippen LogP contribution in [0.1, 0.15) is 52.8 Å². The molecule has 4 aromatic rings. The van der Waals surface area contributed by atoms with Crippen molar-refractivity contribution in [2.45, 2.75) is 60.4 Å². The SMILES string of the molecule is CCc1cc(CC)cc([SiH](Cc2c(C)c(C)c(C)[c-]2-c2ccccc2)c2ccccc2C)c1.[CH3-].[CH3-].[CH3-].[Ti+4]. The van der Waals surface area contributed by atoms with Crippen LogP contribution < -0.4 is 10.4 Å². The average Bonchev–Trinajstić information content (AvgIpc) is 3.06. The molecule has 4 aromatic carbocycles. The molecule has 0 saturated carbocycles. The molecule has 0 spiro atoms. The van der Waals surface area contributed by atoms with Crippen LogP contribution in [0, 0.1) is 50.0 Å². The van der Waals surface area contributed by atoms with Crippen LogP contribution in [0.4, 0.5) is 0 Å². The minimum Gasteiger partial charge on any atom is -0.358 e. The molecule has 0 heterocycles. The van der Waals surface area contributed by atoms with Gasteiger partial charge in [0.25, 0.3) is 0 Å². The van der Waals surface area contributed by atoms with E-state index in [2.05, 4.69) is 114 Å². The van der Waals surface area contributed by atoms with E-state index < -0.39 is 8.80 Å². The fourth-order valence-electron chi connectivity index (χ4n) is 5.35. The van der Waals surface area contributed by atoms with E-state index in [0.29, 0.717) is 0 Å². The van der Waals surface area contributed by atoms with Gasteiger partial charge in [-0.15, -0.1) is 39.9 Å². The van der Waals surface area contributed by atoms with Crippen LogP contribution in [0.15, 0.2) is 72.8 Å². The van der Waals surface area contributed by atoms with Gasteiger partial charge in [-0.2, -0.15) is 0 Å². The Kier molecular flexibility index (Phi) is 14.5. The summed E-state index contributed by atoms with van der Waals surface area (Å²) in [6, 6.07) is 28.7. The van der Waals surface area contributed by atoms with Crippen molar-refractivity contribution >= 4 is 19.2 Å². The van der Waals surface area contributed by atoms with Gasteiger partial charge in [0.05, 0.1) is 0 Å². The monoisotopic (exact) mass is 542 g/mol. The Labute approximate surface area is 245 Å². The quantitative estimate of drug-likeness (QED) is 0.164. The summed E-state index contributed by atoms with van der Waals surface area (Å²) in [5, 5.41) is 3.18.